The third-order valence-corrected chi connectivity index (χ3v) is 9.03. The van der Waals surface area contributed by atoms with Crippen LogP contribution >= 0.6 is 0 Å². The van der Waals surface area contributed by atoms with Crippen LogP contribution in [0.15, 0.2) is 61.2 Å². The van der Waals surface area contributed by atoms with Crippen LogP contribution in [-0.4, -0.2) is 108 Å². The second-order valence-electron chi connectivity index (χ2n) is 12.4. The molecular weight excluding hydrogens is 552 g/mol. The van der Waals surface area contributed by atoms with Gasteiger partial charge in [-0.1, -0.05) is 36.8 Å². The van der Waals surface area contributed by atoms with E-state index in [1.807, 2.05) is 42.2 Å². The van der Waals surface area contributed by atoms with Crippen LogP contribution in [0.5, 0.6) is 5.75 Å². The minimum absolute atomic E-state index is 0.0787. The first-order chi connectivity index (χ1) is 21.3. The summed E-state index contributed by atoms with van der Waals surface area (Å²) in [6.45, 7) is 17.7. The molecule has 2 aliphatic rings. The molecule has 2 saturated heterocycles. The Morgan fingerprint density at radius 3 is 2.50 bits per heavy atom. The molecule has 0 spiro atoms. The Morgan fingerprint density at radius 1 is 0.977 bits per heavy atom. The summed E-state index contributed by atoms with van der Waals surface area (Å²) in [5.41, 5.74) is 2.81. The van der Waals surface area contributed by atoms with Gasteiger partial charge in [-0.3, -0.25) is 19.4 Å². The summed E-state index contributed by atoms with van der Waals surface area (Å²) in [6, 6.07) is 16.2. The summed E-state index contributed by atoms with van der Waals surface area (Å²) < 4.78 is 5.02. The number of piperazine rings is 1. The second kappa shape index (κ2) is 16.8. The number of carbonyl (C=O) groups excluding carboxylic acids is 2. The van der Waals surface area contributed by atoms with Crippen LogP contribution in [0.3, 0.4) is 0 Å². The molecule has 240 valence electrons. The van der Waals surface area contributed by atoms with Gasteiger partial charge in [0.15, 0.2) is 0 Å². The van der Waals surface area contributed by atoms with E-state index in [0.717, 1.165) is 82.6 Å². The van der Waals surface area contributed by atoms with Crippen molar-refractivity contribution in [2.75, 3.05) is 59.0 Å². The van der Waals surface area contributed by atoms with Crippen LogP contribution in [0.25, 0.3) is 0 Å². The van der Waals surface area contributed by atoms with Crippen LogP contribution in [-0.2, 0) is 9.53 Å². The predicted molar refractivity (Wildman–Crippen MR) is 176 cm³/mol. The summed E-state index contributed by atoms with van der Waals surface area (Å²) in [5.74, 6) is 0.220. The Kier molecular flexibility index (Phi) is 12.8. The normalized spacial score (nSPS) is 21.0. The molecule has 1 amide bonds. The first-order valence-corrected chi connectivity index (χ1v) is 16.5. The molecule has 1 N–H and O–H groups in total. The molecule has 0 unspecified atom stereocenters. The number of nitrogens with zero attached hydrogens (tertiary/aromatic N) is 4. The highest BCUT2D eigenvalue weighted by atomic mass is 16.5. The number of benzene rings is 2. The maximum Gasteiger partial charge on any atom is 0.305 e. The first kappa shape index (κ1) is 33.7. The molecule has 2 aliphatic heterocycles. The van der Waals surface area contributed by atoms with E-state index < -0.39 is 0 Å². The molecular formula is C36H52N4O4. The van der Waals surface area contributed by atoms with Crippen molar-refractivity contribution in [3.05, 3.63) is 77.9 Å². The van der Waals surface area contributed by atoms with Crippen LogP contribution < -0.4 is 0 Å². The van der Waals surface area contributed by atoms with E-state index in [4.69, 9.17) is 4.74 Å². The molecule has 0 aliphatic carbocycles. The Labute approximate surface area is 264 Å². The number of rotatable bonds is 13. The first-order valence-electron chi connectivity index (χ1n) is 16.5. The highest BCUT2D eigenvalue weighted by Gasteiger charge is 2.35. The second-order valence-corrected chi connectivity index (χ2v) is 12.4. The van der Waals surface area contributed by atoms with E-state index in [9.17, 15) is 14.7 Å². The zero-order valence-corrected chi connectivity index (χ0v) is 27.0. The number of carbonyl (C=O) groups is 2. The fraction of sp³-hybridized carbons (Fsp3) is 0.556. The van der Waals surface area contributed by atoms with Gasteiger partial charge in [-0.05, 0) is 88.5 Å². The third kappa shape index (κ3) is 9.16. The number of amides is 1. The number of phenolic OH excluding ortho intramolecular Hbond substituents is 1. The van der Waals surface area contributed by atoms with Crippen LogP contribution in [0.2, 0.25) is 0 Å². The third-order valence-electron chi connectivity index (χ3n) is 9.03. The van der Waals surface area contributed by atoms with Crippen molar-refractivity contribution in [1.82, 2.24) is 19.6 Å². The summed E-state index contributed by atoms with van der Waals surface area (Å²) in [7, 11) is 0. The van der Waals surface area contributed by atoms with Gasteiger partial charge in [0.1, 0.15) is 5.75 Å². The number of aromatic hydroxyl groups is 1. The molecule has 8 heteroatoms. The van der Waals surface area contributed by atoms with E-state index in [1.54, 1.807) is 6.07 Å². The summed E-state index contributed by atoms with van der Waals surface area (Å²) in [5, 5.41) is 10.4. The van der Waals surface area contributed by atoms with Gasteiger partial charge in [0.25, 0.3) is 5.91 Å². The molecule has 2 aromatic carbocycles. The topological polar surface area (TPSA) is 76.6 Å². The molecule has 0 radical (unpaired) electrons. The zero-order valence-electron chi connectivity index (χ0n) is 27.0. The van der Waals surface area contributed by atoms with Gasteiger partial charge in [0.2, 0.25) is 0 Å². The van der Waals surface area contributed by atoms with Crippen LogP contribution in [0.1, 0.15) is 80.4 Å². The van der Waals surface area contributed by atoms with E-state index >= 15 is 0 Å². The number of hydrogen-bond donors (Lipinski definition) is 1. The Morgan fingerprint density at radius 2 is 1.75 bits per heavy atom. The number of hydrogen-bond acceptors (Lipinski definition) is 7. The van der Waals surface area contributed by atoms with Crippen molar-refractivity contribution in [3.63, 3.8) is 0 Å². The Hall–Kier alpha value is -3.20. The maximum atomic E-state index is 13.8. The van der Waals surface area contributed by atoms with Gasteiger partial charge in [0.05, 0.1) is 12.6 Å². The highest BCUT2D eigenvalue weighted by Crippen LogP contribution is 2.35. The monoisotopic (exact) mass is 604 g/mol. The number of ether oxygens (including phenoxy) is 1. The lowest BCUT2D eigenvalue weighted by Gasteiger charge is -2.47. The van der Waals surface area contributed by atoms with Crippen molar-refractivity contribution in [3.8, 4) is 5.75 Å². The van der Waals surface area contributed by atoms with Gasteiger partial charge < -0.3 is 19.6 Å². The standard InChI is InChI=1S/C36H52N4O4/c1-5-18-39-26-29(4)40(27-28(39)3)35(31-14-11-16-33(41)25-31)30-13-10-15-32(24-30)36(43)38-21-12-20-37(22-23-38)19-9-7-8-17-34(42)44-6-2/h5,10-11,13-16,24-25,28-29,35,41H,1,6-9,12,17-23,26-27H2,2-4H3/t28-,29+,35-/m1/s1. The largest absolute Gasteiger partial charge is 0.508 e. The SMILES string of the molecule is C=CCN1C[C@H](C)N([C@@H](c2cccc(O)c2)c2cccc(C(=O)N3CCCN(CCCCCC(=O)OCC)CC3)c2)C[C@H]1C. The number of phenols is 1. The lowest BCUT2D eigenvalue weighted by atomic mass is 9.92. The molecule has 0 aromatic heterocycles. The van der Waals surface area contributed by atoms with Gasteiger partial charge >= 0.3 is 5.97 Å². The van der Waals surface area contributed by atoms with Crippen molar-refractivity contribution >= 4 is 11.9 Å². The van der Waals surface area contributed by atoms with Gasteiger partial charge in [-0.15, -0.1) is 6.58 Å². The lowest BCUT2D eigenvalue weighted by molar-refractivity contribution is -0.143. The molecule has 8 nitrogen and oxygen atoms in total. The van der Waals surface area contributed by atoms with Crippen LogP contribution in [0, 0.1) is 0 Å². The molecule has 0 bridgehead atoms. The van der Waals surface area contributed by atoms with E-state index in [2.05, 4.69) is 53.3 Å². The Balaban J connectivity index is 1.43. The minimum Gasteiger partial charge on any atom is -0.508 e. The lowest BCUT2D eigenvalue weighted by Crippen LogP contribution is -2.57. The van der Waals surface area contributed by atoms with Gasteiger partial charge in [-0.25, -0.2) is 0 Å². The highest BCUT2D eigenvalue weighted by molar-refractivity contribution is 5.94. The molecule has 0 saturated carbocycles. The smallest absolute Gasteiger partial charge is 0.305 e. The number of esters is 1. The minimum atomic E-state index is -0.108. The van der Waals surface area contributed by atoms with E-state index in [1.165, 1.54) is 0 Å². The molecule has 2 heterocycles. The predicted octanol–water partition coefficient (Wildman–Crippen LogP) is 5.33. The fourth-order valence-corrected chi connectivity index (χ4v) is 6.71. The zero-order chi connectivity index (χ0) is 31.5. The van der Waals surface area contributed by atoms with E-state index in [0.29, 0.717) is 31.2 Å². The average molecular weight is 605 g/mol. The summed E-state index contributed by atoms with van der Waals surface area (Å²) in [4.78, 5) is 34.8. The summed E-state index contributed by atoms with van der Waals surface area (Å²) in [6.07, 6.45) is 6.32. The fourth-order valence-electron chi connectivity index (χ4n) is 6.71. The molecule has 2 fully saturated rings. The quantitative estimate of drug-likeness (QED) is 0.188. The molecule has 44 heavy (non-hydrogen) atoms. The van der Waals surface area contributed by atoms with Crippen LogP contribution in [0.4, 0.5) is 0 Å². The van der Waals surface area contributed by atoms with Gasteiger partial charge in [0, 0.05) is 63.3 Å². The maximum absolute atomic E-state index is 13.8. The van der Waals surface area contributed by atoms with Crippen molar-refractivity contribution in [2.45, 2.75) is 71.0 Å². The van der Waals surface area contributed by atoms with E-state index in [-0.39, 0.29) is 29.7 Å². The summed E-state index contributed by atoms with van der Waals surface area (Å²) >= 11 is 0. The van der Waals surface area contributed by atoms with Crippen molar-refractivity contribution < 1.29 is 19.4 Å². The Bertz CT molecular complexity index is 1240. The molecule has 4 rings (SSSR count). The number of unbranched alkanes of at least 4 members (excludes halogenated alkanes) is 2. The van der Waals surface area contributed by atoms with Crippen molar-refractivity contribution in [2.24, 2.45) is 0 Å². The average Bonchev–Trinajstić information content (AvgIpc) is 3.25. The molecule has 3 atom stereocenters. The molecule has 2 aromatic rings. The van der Waals surface area contributed by atoms with Gasteiger partial charge in [-0.2, -0.15) is 0 Å². The van der Waals surface area contributed by atoms with Crippen molar-refractivity contribution in [1.29, 1.82) is 0 Å².